The Bertz CT molecular complexity index is 660. The van der Waals surface area contributed by atoms with Crippen LogP contribution in [0.5, 0.6) is 0 Å². The molecule has 0 radical (unpaired) electrons. The lowest BCUT2D eigenvalue weighted by Crippen LogP contribution is -2.07. The number of hydrogen-bond donors (Lipinski definition) is 3. The van der Waals surface area contributed by atoms with E-state index >= 15 is 0 Å². The lowest BCUT2D eigenvalue weighted by atomic mass is 10.2. The van der Waals surface area contributed by atoms with Crippen LogP contribution in [0, 0.1) is 0 Å². The molecule has 1 aromatic heterocycles. The Morgan fingerprint density at radius 1 is 1.14 bits per heavy atom. The van der Waals surface area contributed by atoms with E-state index in [9.17, 15) is 13.2 Å². The van der Waals surface area contributed by atoms with Gasteiger partial charge in [-0.1, -0.05) is 11.6 Å². The topological polar surface area (TPSA) is 75.9 Å². The highest BCUT2D eigenvalue weighted by Crippen LogP contribution is 2.34. The SMILES string of the molecule is CNc1cc(Nc2cc(C(F)(F)F)ccc2Cl)nc(N)n1. The quantitative estimate of drug-likeness (QED) is 0.807. The van der Waals surface area contributed by atoms with Crippen LogP contribution >= 0.6 is 11.6 Å². The van der Waals surface area contributed by atoms with Gasteiger partial charge in [-0.3, -0.25) is 0 Å². The van der Waals surface area contributed by atoms with E-state index in [-0.39, 0.29) is 22.5 Å². The molecular formula is C12H11ClF3N5. The highest BCUT2D eigenvalue weighted by Gasteiger charge is 2.31. The lowest BCUT2D eigenvalue weighted by Gasteiger charge is -2.12. The van der Waals surface area contributed by atoms with E-state index in [1.807, 2.05) is 0 Å². The average molecular weight is 318 g/mol. The second-order valence-electron chi connectivity index (χ2n) is 4.06. The molecule has 21 heavy (non-hydrogen) atoms. The first-order valence-corrected chi connectivity index (χ1v) is 6.13. The molecule has 0 aliphatic rings. The zero-order valence-electron chi connectivity index (χ0n) is 10.8. The minimum atomic E-state index is -4.46. The van der Waals surface area contributed by atoms with Gasteiger partial charge in [0, 0.05) is 13.1 Å². The van der Waals surface area contributed by atoms with Crippen molar-refractivity contribution in [2.24, 2.45) is 0 Å². The molecule has 112 valence electrons. The first-order valence-electron chi connectivity index (χ1n) is 5.75. The summed E-state index contributed by atoms with van der Waals surface area (Å²) >= 11 is 5.89. The van der Waals surface area contributed by atoms with E-state index in [1.165, 1.54) is 6.07 Å². The third kappa shape index (κ3) is 3.66. The Kier molecular flexibility index (Phi) is 4.08. The van der Waals surface area contributed by atoms with E-state index in [4.69, 9.17) is 17.3 Å². The molecule has 0 aliphatic carbocycles. The van der Waals surface area contributed by atoms with Crippen LogP contribution in [0.2, 0.25) is 5.02 Å². The molecule has 0 bridgehead atoms. The average Bonchev–Trinajstić information content (AvgIpc) is 2.39. The van der Waals surface area contributed by atoms with Gasteiger partial charge < -0.3 is 16.4 Å². The van der Waals surface area contributed by atoms with Crippen molar-refractivity contribution in [2.45, 2.75) is 6.18 Å². The number of nitrogens with two attached hydrogens (primary N) is 1. The Hall–Kier alpha value is -2.22. The number of aromatic nitrogens is 2. The van der Waals surface area contributed by atoms with Crippen molar-refractivity contribution in [3.63, 3.8) is 0 Å². The van der Waals surface area contributed by atoms with Gasteiger partial charge in [-0.25, -0.2) is 0 Å². The number of nitrogen functional groups attached to an aromatic ring is 1. The van der Waals surface area contributed by atoms with Crippen molar-refractivity contribution in [2.75, 3.05) is 23.4 Å². The van der Waals surface area contributed by atoms with Gasteiger partial charge in [0.15, 0.2) is 0 Å². The van der Waals surface area contributed by atoms with Crippen LogP contribution in [0.1, 0.15) is 5.56 Å². The Morgan fingerprint density at radius 2 is 1.81 bits per heavy atom. The van der Waals surface area contributed by atoms with Gasteiger partial charge in [-0.2, -0.15) is 23.1 Å². The molecule has 2 rings (SSSR count). The van der Waals surface area contributed by atoms with E-state index < -0.39 is 11.7 Å². The molecule has 0 fully saturated rings. The number of halogens is 4. The van der Waals surface area contributed by atoms with E-state index in [1.54, 1.807) is 7.05 Å². The zero-order valence-corrected chi connectivity index (χ0v) is 11.5. The minimum absolute atomic E-state index is 0.0209. The predicted molar refractivity (Wildman–Crippen MR) is 75.7 cm³/mol. The van der Waals surface area contributed by atoms with Crippen molar-refractivity contribution in [1.29, 1.82) is 0 Å². The first kappa shape index (κ1) is 15.2. The fourth-order valence-electron chi connectivity index (χ4n) is 1.59. The predicted octanol–water partition coefficient (Wildman–Crippen LogP) is 3.52. The van der Waals surface area contributed by atoms with Crippen LogP contribution < -0.4 is 16.4 Å². The number of alkyl halides is 3. The zero-order chi connectivity index (χ0) is 15.6. The van der Waals surface area contributed by atoms with Crippen LogP contribution in [0.4, 0.5) is 36.4 Å². The Labute approximate surface area is 123 Å². The molecular weight excluding hydrogens is 307 g/mol. The van der Waals surface area contributed by atoms with Gasteiger partial charge in [0.2, 0.25) is 5.95 Å². The van der Waals surface area contributed by atoms with E-state index in [2.05, 4.69) is 20.6 Å². The van der Waals surface area contributed by atoms with Crippen LogP contribution in [-0.2, 0) is 6.18 Å². The van der Waals surface area contributed by atoms with Gasteiger partial charge in [-0.05, 0) is 18.2 Å². The van der Waals surface area contributed by atoms with Gasteiger partial charge in [0.1, 0.15) is 11.6 Å². The highest BCUT2D eigenvalue weighted by atomic mass is 35.5. The molecule has 5 nitrogen and oxygen atoms in total. The molecule has 0 amide bonds. The third-order valence-electron chi connectivity index (χ3n) is 2.56. The second-order valence-corrected chi connectivity index (χ2v) is 4.47. The van der Waals surface area contributed by atoms with Crippen molar-refractivity contribution >= 4 is 34.9 Å². The number of rotatable bonds is 3. The number of nitrogens with zero attached hydrogens (tertiary/aromatic N) is 2. The smallest absolute Gasteiger partial charge is 0.373 e. The van der Waals surface area contributed by atoms with Crippen LogP contribution in [0.3, 0.4) is 0 Å². The third-order valence-corrected chi connectivity index (χ3v) is 2.89. The summed E-state index contributed by atoms with van der Waals surface area (Å²) in [6, 6.07) is 4.46. The van der Waals surface area contributed by atoms with Gasteiger partial charge in [0.25, 0.3) is 0 Å². The molecule has 0 saturated carbocycles. The summed E-state index contributed by atoms with van der Waals surface area (Å²) in [6.07, 6.45) is -4.46. The van der Waals surface area contributed by atoms with Crippen LogP contribution in [0.15, 0.2) is 24.3 Å². The van der Waals surface area contributed by atoms with Gasteiger partial charge >= 0.3 is 6.18 Å². The lowest BCUT2D eigenvalue weighted by molar-refractivity contribution is -0.137. The number of nitrogens with one attached hydrogen (secondary N) is 2. The summed E-state index contributed by atoms with van der Waals surface area (Å²) in [5, 5.41) is 5.59. The number of benzene rings is 1. The maximum atomic E-state index is 12.7. The summed E-state index contributed by atoms with van der Waals surface area (Å²) in [7, 11) is 1.63. The summed E-state index contributed by atoms with van der Waals surface area (Å²) in [5.41, 5.74) is 4.77. The Balaban J connectivity index is 2.37. The highest BCUT2D eigenvalue weighted by molar-refractivity contribution is 6.33. The minimum Gasteiger partial charge on any atom is -0.373 e. The van der Waals surface area contributed by atoms with Crippen LogP contribution in [-0.4, -0.2) is 17.0 Å². The van der Waals surface area contributed by atoms with Gasteiger partial charge in [-0.15, -0.1) is 0 Å². The first-order chi connectivity index (χ1) is 9.79. The van der Waals surface area contributed by atoms with Crippen molar-refractivity contribution in [3.05, 3.63) is 34.9 Å². The maximum Gasteiger partial charge on any atom is 0.416 e. The Morgan fingerprint density at radius 3 is 2.43 bits per heavy atom. The summed E-state index contributed by atoms with van der Waals surface area (Å²) in [4.78, 5) is 7.76. The number of anilines is 4. The molecule has 0 atom stereocenters. The number of hydrogen-bond acceptors (Lipinski definition) is 5. The molecule has 0 unspecified atom stereocenters. The largest absolute Gasteiger partial charge is 0.416 e. The molecule has 4 N–H and O–H groups in total. The standard InChI is InChI=1S/C12H11ClF3N5/c1-18-9-5-10(21-11(17)20-9)19-8-4-6(12(14,15)16)2-3-7(8)13/h2-5H,1H3,(H4,17,18,19,20,21). The summed E-state index contributed by atoms with van der Waals surface area (Å²) < 4.78 is 38.1. The monoisotopic (exact) mass is 317 g/mol. The molecule has 0 aliphatic heterocycles. The van der Waals surface area contributed by atoms with Gasteiger partial charge in [0.05, 0.1) is 16.3 Å². The molecule has 1 aromatic carbocycles. The van der Waals surface area contributed by atoms with Crippen LogP contribution in [0.25, 0.3) is 0 Å². The molecule has 0 saturated heterocycles. The summed E-state index contributed by atoms with van der Waals surface area (Å²) in [6.45, 7) is 0. The molecule has 9 heteroatoms. The molecule has 1 heterocycles. The normalized spacial score (nSPS) is 11.3. The fraction of sp³-hybridized carbons (Fsp3) is 0.167. The van der Waals surface area contributed by atoms with E-state index in [0.717, 1.165) is 18.2 Å². The van der Waals surface area contributed by atoms with Crippen molar-refractivity contribution in [3.8, 4) is 0 Å². The fourth-order valence-corrected chi connectivity index (χ4v) is 1.76. The summed E-state index contributed by atoms with van der Waals surface area (Å²) in [5.74, 6) is 0.633. The maximum absolute atomic E-state index is 12.7. The van der Waals surface area contributed by atoms with Crippen molar-refractivity contribution < 1.29 is 13.2 Å². The van der Waals surface area contributed by atoms with Crippen molar-refractivity contribution in [1.82, 2.24) is 9.97 Å². The van der Waals surface area contributed by atoms with E-state index in [0.29, 0.717) is 5.82 Å². The molecule has 2 aromatic rings. The second kappa shape index (κ2) is 5.65. The molecule has 0 spiro atoms.